The van der Waals surface area contributed by atoms with Crippen LogP contribution < -0.4 is 27.2 Å². The van der Waals surface area contributed by atoms with Gasteiger partial charge in [0.1, 0.15) is 5.82 Å². The molecule has 1 aliphatic rings. The number of aldehydes is 1. The molecule has 0 radical (unpaired) electrons. The molecule has 1 heterocycles. The van der Waals surface area contributed by atoms with Gasteiger partial charge in [0.15, 0.2) is 17.6 Å². The Balaban J connectivity index is 2.17. The number of hydrogen-bond acceptors (Lipinski definition) is 6. The number of benzene rings is 1. The molecule has 0 saturated carbocycles. The van der Waals surface area contributed by atoms with E-state index in [0.29, 0.717) is 18.5 Å². The molecule has 10 heteroatoms. The number of rotatable bonds is 4. The minimum absolute atomic E-state index is 0.147. The molecule has 2 rings (SSSR count). The summed E-state index contributed by atoms with van der Waals surface area (Å²) in [5, 5.41) is -0.147. The van der Waals surface area contributed by atoms with Crippen LogP contribution in [0, 0.1) is 5.82 Å². The summed E-state index contributed by atoms with van der Waals surface area (Å²) in [6, 6.07) is 3.95. The SMILES string of the molecule is NC[C@H]1CN(c2ccc(C(=O)NNC(N)=S)c(F)c2)C(C=O)O1. The molecule has 1 fully saturated rings. The van der Waals surface area contributed by atoms with Crippen LogP contribution >= 0.6 is 12.2 Å². The zero-order chi connectivity index (χ0) is 17.0. The lowest BCUT2D eigenvalue weighted by molar-refractivity contribution is -0.117. The maximum atomic E-state index is 14.2. The van der Waals surface area contributed by atoms with Crippen LogP contribution in [0.3, 0.4) is 0 Å². The van der Waals surface area contributed by atoms with Gasteiger partial charge in [0, 0.05) is 18.8 Å². The zero-order valence-corrected chi connectivity index (χ0v) is 12.8. The monoisotopic (exact) mass is 341 g/mol. The highest BCUT2D eigenvalue weighted by atomic mass is 32.1. The fourth-order valence-electron chi connectivity index (χ4n) is 2.18. The molecule has 1 saturated heterocycles. The third kappa shape index (κ3) is 3.92. The van der Waals surface area contributed by atoms with Crippen LogP contribution in [-0.4, -0.2) is 42.7 Å². The summed E-state index contributed by atoms with van der Waals surface area (Å²) in [5.41, 5.74) is 15.3. The second-order valence-electron chi connectivity index (χ2n) is 4.78. The van der Waals surface area contributed by atoms with Crippen LogP contribution in [0.4, 0.5) is 10.1 Å². The van der Waals surface area contributed by atoms with Crippen molar-refractivity contribution in [3.63, 3.8) is 0 Å². The Labute approximate surface area is 136 Å². The van der Waals surface area contributed by atoms with Crippen LogP contribution in [0.2, 0.25) is 0 Å². The van der Waals surface area contributed by atoms with Crippen molar-refractivity contribution in [1.29, 1.82) is 0 Å². The van der Waals surface area contributed by atoms with Gasteiger partial charge >= 0.3 is 0 Å². The van der Waals surface area contributed by atoms with Crippen molar-refractivity contribution in [3.05, 3.63) is 29.6 Å². The van der Waals surface area contributed by atoms with Crippen molar-refractivity contribution in [3.8, 4) is 0 Å². The molecule has 1 aromatic rings. The van der Waals surface area contributed by atoms with Crippen LogP contribution in [0.1, 0.15) is 10.4 Å². The summed E-state index contributed by atoms with van der Waals surface area (Å²) >= 11 is 4.53. The predicted molar refractivity (Wildman–Crippen MR) is 84.9 cm³/mol. The Morgan fingerprint density at radius 3 is 2.83 bits per heavy atom. The lowest BCUT2D eigenvalue weighted by atomic mass is 10.1. The number of hydrogen-bond donors (Lipinski definition) is 4. The van der Waals surface area contributed by atoms with Crippen molar-refractivity contribution in [2.45, 2.75) is 12.3 Å². The number of ether oxygens (including phenoxy) is 1. The van der Waals surface area contributed by atoms with E-state index in [1.165, 1.54) is 12.1 Å². The second kappa shape index (κ2) is 7.31. The zero-order valence-electron chi connectivity index (χ0n) is 12.0. The number of thiocarbonyl (C=S) groups is 1. The molecule has 0 bridgehead atoms. The van der Waals surface area contributed by atoms with E-state index in [-0.39, 0.29) is 23.3 Å². The molecule has 0 aliphatic carbocycles. The van der Waals surface area contributed by atoms with E-state index in [2.05, 4.69) is 23.1 Å². The molecular formula is C13H16FN5O3S. The first-order chi connectivity index (χ1) is 11.0. The molecule has 2 atom stereocenters. The average molecular weight is 341 g/mol. The molecule has 0 spiro atoms. The summed E-state index contributed by atoms with van der Waals surface area (Å²) in [6.07, 6.45) is -0.537. The fraction of sp³-hybridized carbons (Fsp3) is 0.308. The number of hydrazine groups is 1. The number of nitrogens with two attached hydrogens (primary N) is 2. The number of nitrogens with one attached hydrogen (secondary N) is 2. The fourth-order valence-corrected chi connectivity index (χ4v) is 2.23. The highest BCUT2D eigenvalue weighted by molar-refractivity contribution is 7.80. The van der Waals surface area contributed by atoms with E-state index >= 15 is 0 Å². The van der Waals surface area contributed by atoms with Gasteiger partial charge in [0.2, 0.25) is 0 Å². The molecule has 0 aromatic heterocycles. The Bertz CT molecular complexity index is 630. The summed E-state index contributed by atoms with van der Waals surface area (Å²) in [4.78, 5) is 24.4. The van der Waals surface area contributed by atoms with E-state index < -0.39 is 18.0 Å². The van der Waals surface area contributed by atoms with Crippen LogP contribution in [-0.2, 0) is 9.53 Å². The van der Waals surface area contributed by atoms with Gasteiger partial charge < -0.3 is 21.1 Å². The van der Waals surface area contributed by atoms with Crippen molar-refractivity contribution < 1.29 is 18.7 Å². The first-order valence-corrected chi connectivity index (χ1v) is 7.10. The van der Waals surface area contributed by atoms with E-state index in [1.807, 2.05) is 0 Å². The van der Waals surface area contributed by atoms with E-state index in [9.17, 15) is 14.0 Å². The standard InChI is InChI=1S/C13H16FN5O3S/c14-10-3-7(19-5-8(4-15)22-11(19)6-20)1-2-9(10)12(21)17-18-13(16)23/h1-3,6,8,11H,4-5,15H2,(H,17,21)(H3,16,18,23)/t8-,11?/m0/s1. The maximum absolute atomic E-state index is 14.2. The number of carbonyl (C=O) groups excluding carboxylic acids is 2. The smallest absolute Gasteiger partial charge is 0.272 e. The van der Waals surface area contributed by atoms with Gasteiger partial charge in [0.25, 0.3) is 5.91 Å². The number of amides is 1. The quantitative estimate of drug-likeness (QED) is 0.312. The third-order valence-corrected chi connectivity index (χ3v) is 3.35. The van der Waals surface area contributed by atoms with Gasteiger partial charge in [-0.2, -0.15) is 0 Å². The lowest BCUT2D eigenvalue weighted by Gasteiger charge is -2.21. The molecule has 1 aromatic carbocycles. The number of anilines is 1. The first kappa shape index (κ1) is 17.1. The maximum Gasteiger partial charge on any atom is 0.272 e. The van der Waals surface area contributed by atoms with Gasteiger partial charge in [-0.3, -0.25) is 20.4 Å². The largest absolute Gasteiger partial charge is 0.375 e. The molecule has 23 heavy (non-hydrogen) atoms. The van der Waals surface area contributed by atoms with Crippen LogP contribution in [0.5, 0.6) is 0 Å². The molecule has 6 N–H and O–H groups in total. The Kier molecular flexibility index (Phi) is 5.42. The number of nitrogens with zero attached hydrogens (tertiary/aromatic N) is 1. The molecule has 1 amide bonds. The van der Waals surface area contributed by atoms with Gasteiger partial charge in [-0.15, -0.1) is 0 Å². The lowest BCUT2D eigenvalue weighted by Crippen LogP contribution is -2.44. The molecule has 1 aliphatic heterocycles. The average Bonchev–Trinajstić information content (AvgIpc) is 2.95. The highest BCUT2D eigenvalue weighted by Gasteiger charge is 2.32. The van der Waals surface area contributed by atoms with Crippen molar-refractivity contribution in [2.75, 3.05) is 18.0 Å². The van der Waals surface area contributed by atoms with Crippen molar-refractivity contribution in [2.24, 2.45) is 11.5 Å². The normalized spacial score (nSPS) is 20.2. The van der Waals surface area contributed by atoms with E-state index in [1.54, 1.807) is 4.90 Å². The Morgan fingerprint density at radius 2 is 2.26 bits per heavy atom. The van der Waals surface area contributed by atoms with E-state index in [4.69, 9.17) is 16.2 Å². The van der Waals surface area contributed by atoms with Crippen molar-refractivity contribution >= 4 is 35.2 Å². The molecular weight excluding hydrogens is 325 g/mol. The minimum atomic E-state index is -0.834. The van der Waals surface area contributed by atoms with Crippen LogP contribution in [0.25, 0.3) is 0 Å². The summed E-state index contributed by atoms with van der Waals surface area (Å²) in [7, 11) is 0. The van der Waals surface area contributed by atoms with Gasteiger partial charge in [0.05, 0.1) is 11.7 Å². The highest BCUT2D eigenvalue weighted by Crippen LogP contribution is 2.25. The van der Waals surface area contributed by atoms with Crippen molar-refractivity contribution in [1.82, 2.24) is 10.9 Å². The molecule has 1 unspecified atom stereocenters. The summed E-state index contributed by atoms with van der Waals surface area (Å²) in [5.74, 6) is -1.49. The minimum Gasteiger partial charge on any atom is -0.375 e. The van der Waals surface area contributed by atoms with E-state index in [0.717, 1.165) is 6.07 Å². The number of carbonyl (C=O) groups is 2. The van der Waals surface area contributed by atoms with Gasteiger partial charge in [-0.25, -0.2) is 4.39 Å². The topological polar surface area (TPSA) is 123 Å². The predicted octanol–water partition coefficient (Wildman–Crippen LogP) is -1.01. The molecule has 124 valence electrons. The van der Waals surface area contributed by atoms with Crippen LogP contribution in [0.15, 0.2) is 18.2 Å². The third-order valence-electron chi connectivity index (χ3n) is 3.25. The Morgan fingerprint density at radius 1 is 1.52 bits per heavy atom. The Hall–Kier alpha value is -2.30. The van der Waals surface area contributed by atoms with Gasteiger partial charge in [-0.05, 0) is 30.4 Å². The summed E-state index contributed by atoms with van der Waals surface area (Å²) in [6.45, 7) is 0.600. The second-order valence-corrected chi connectivity index (χ2v) is 5.22. The molecule has 8 nitrogen and oxygen atoms in total. The van der Waals surface area contributed by atoms with Gasteiger partial charge in [-0.1, -0.05) is 0 Å². The first-order valence-electron chi connectivity index (χ1n) is 6.69. The number of halogens is 1. The summed E-state index contributed by atoms with van der Waals surface area (Å²) < 4.78 is 19.6.